The lowest BCUT2D eigenvalue weighted by Gasteiger charge is -2.09. The minimum Gasteiger partial charge on any atom is -0.349 e. The molecule has 0 saturated carbocycles. The second kappa shape index (κ2) is 7.21. The summed E-state index contributed by atoms with van der Waals surface area (Å²) in [5.74, 6) is 0.912. The lowest BCUT2D eigenvalue weighted by atomic mass is 10.3. The predicted molar refractivity (Wildman–Crippen MR) is 91.1 cm³/mol. The Morgan fingerprint density at radius 1 is 1.09 bits per heavy atom. The van der Waals surface area contributed by atoms with Gasteiger partial charge in [-0.15, -0.1) is 5.10 Å². The molecule has 0 aliphatic heterocycles. The number of hydrogen-bond acceptors (Lipinski definition) is 6. The quantitative estimate of drug-likeness (QED) is 0.728. The van der Waals surface area contributed by atoms with E-state index in [1.165, 1.54) is 6.20 Å². The van der Waals surface area contributed by atoms with Crippen LogP contribution in [0.5, 0.6) is 0 Å². The van der Waals surface area contributed by atoms with Crippen molar-refractivity contribution in [3.05, 3.63) is 64.5 Å². The molecule has 3 rings (SSSR count). The molecular weight excluding hydrogens is 335 g/mol. The van der Waals surface area contributed by atoms with E-state index >= 15 is 0 Å². The molecule has 0 amide bonds. The highest BCUT2D eigenvalue weighted by Gasteiger charge is 2.05. The Kier molecular flexibility index (Phi) is 4.85. The van der Waals surface area contributed by atoms with Gasteiger partial charge in [-0.25, -0.2) is 0 Å². The Morgan fingerprint density at radius 2 is 2.00 bits per heavy atom. The molecule has 8 heteroatoms. The van der Waals surface area contributed by atoms with Crippen LogP contribution in [0.4, 0.5) is 17.5 Å². The summed E-state index contributed by atoms with van der Waals surface area (Å²) in [4.78, 5) is 8.39. The first-order valence-corrected chi connectivity index (χ1v) is 7.51. The van der Waals surface area contributed by atoms with Gasteiger partial charge in [0.05, 0.1) is 16.9 Å². The molecule has 0 saturated heterocycles. The zero-order valence-corrected chi connectivity index (χ0v) is 13.4. The van der Waals surface area contributed by atoms with Crippen molar-refractivity contribution in [2.24, 2.45) is 0 Å². The maximum absolute atomic E-state index is 6.12. The van der Waals surface area contributed by atoms with Gasteiger partial charge in [0, 0.05) is 24.0 Å². The maximum Gasteiger partial charge on any atom is 0.244 e. The molecule has 23 heavy (non-hydrogen) atoms. The first-order valence-electron chi connectivity index (χ1n) is 6.75. The van der Waals surface area contributed by atoms with Crippen molar-refractivity contribution < 1.29 is 0 Å². The first-order chi connectivity index (χ1) is 11.2. The average molecular weight is 347 g/mol. The van der Waals surface area contributed by atoms with Crippen molar-refractivity contribution in [2.75, 3.05) is 10.6 Å². The Bertz CT molecular complexity index is 797. The normalized spacial score (nSPS) is 10.3. The molecule has 0 fully saturated rings. The fourth-order valence-corrected chi connectivity index (χ4v) is 2.19. The molecule has 2 heterocycles. The zero-order chi connectivity index (χ0) is 16.1. The Balaban J connectivity index is 1.71. The third kappa shape index (κ3) is 4.28. The summed E-state index contributed by atoms with van der Waals surface area (Å²) in [6, 6.07) is 8.97. The molecule has 0 aliphatic carbocycles. The highest BCUT2D eigenvalue weighted by Crippen LogP contribution is 2.27. The number of rotatable bonds is 5. The third-order valence-electron chi connectivity index (χ3n) is 2.92. The van der Waals surface area contributed by atoms with E-state index in [0.717, 1.165) is 5.56 Å². The van der Waals surface area contributed by atoms with Gasteiger partial charge >= 0.3 is 0 Å². The van der Waals surface area contributed by atoms with Gasteiger partial charge in [0.1, 0.15) is 0 Å². The summed E-state index contributed by atoms with van der Waals surface area (Å²) in [5.41, 5.74) is 1.67. The van der Waals surface area contributed by atoms with Crippen LogP contribution in [0.25, 0.3) is 0 Å². The molecule has 0 unspecified atom stereocenters. The summed E-state index contributed by atoms with van der Waals surface area (Å²) in [6.45, 7) is 0.552. The minimum absolute atomic E-state index is 0.400. The van der Waals surface area contributed by atoms with Crippen LogP contribution in [-0.4, -0.2) is 20.2 Å². The molecule has 0 radical (unpaired) electrons. The summed E-state index contributed by atoms with van der Waals surface area (Å²) in [7, 11) is 0. The van der Waals surface area contributed by atoms with Gasteiger partial charge in [-0.2, -0.15) is 10.1 Å². The maximum atomic E-state index is 6.12. The van der Waals surface area contributed by atoms with Gasteiger partial charge in [0.2, 0.25) is 5.95 Å². The number of hydrogen-bond donors (Lipinski definition) is 2. The second-order valence-electron chi connectivity index (χ2n) is 4.63. The van der Waals surface area contributed by atoms with E-state index in [0.29, 0.717) is 34.0 Å². The van der Waals surface area contributed by atoms with Crippen LogP contribution >= 0.6 is 23.2 Å². The van der Waals surface area contributed by atoms with E-state index in [1.54, 1.807) is 30.6 Å². The molecule has 2 N–H and O–H groups in total. The van der Waals surface area contributed by atoms with Gasteiger partial charge in [-0.05, 0) is 29.8 Å². The lowest BCUT2D eigenvalue weighted by Crippen LogP contribution is -2.06. The minimum atomic E-state index is 0.400. The van der Waals surface area contributed by atoms with E-state index in [-0.39, 0.29) is 0 Å². The number of nitrogens with zero attached hydrogens (tertiary/aromatic N) is 4. The van der Waals surface area contributed by atoms with Crippen LogP contribution in [0.2, 0.25) is 10.0 Å². The SMILES string of the molecule is Clc1ccc(Cl)c(Nc2cnnc(NCc3cccnc3)n2)c1. The van der Waals surface area contributed by atoms with Crippen molar-refractivity contribution in [1.82, 2.24) is 20.2 Å². The van der Waals surface area contributed by atoms with E-state index in [4.69, 9.17) is 23.2 Å². The molecule has 2 aromatic heterocycles. The average Bonchev–Trinajstić information content (AvgIpc) is 2.58. The number of nitrogens with one attached hydrogen (secondary N) is 2. The van der Waals surface area contributed by atoms with E-state index in [2.05, 4.69) is 30.8 Å². The standard InChI is InChI=1S/C15H12Cl2N6/c16-11-3-4-12(17)13(6-11)21-14-9-20-23-15(22-14)19-8-10-2-1-5-18-7-10/h1-7,9H,8H2,(H2,19,21,22,23). The van der Waals surface area contributed by atoms with Crippen molar-refractivity contribution in [2.45, 2.75) is 6.54 Å². The van der Waals surface area contributed by atoms with Gasteiger partial charge in [0.25, 0.3) is 0 Å². The van der Waals surface area contributed by atoms with Crippen molar-refractivity contribution in [1.29, 1.82) is 0 Å². The summed E-state index contributed by atoms with van der Waals surface area (Å²) >= 11 is 12.1. The smallest absolute Gasteiger partial charge is 0.244 e. The number of halogens is 2. The predicted octanol–water partition coefficient (Wildman–Crippen LogP) is 3.93. The van der Waals surface area contributed by atoms with Crippen LogP contribution in [0.3, 0.4) is 0 Å². The van der Waals surface area contributed by atoms with Gasteiger partial charge in [0.15, 0.2) is 5.82 Å². The monoisotopic (exact) mass is 346 g/mol. The molecule has 0 atom stereocenters. The number of benzene rings is 1. The highest BCUT2D eigenvalue weighted by atomic mass is 35.5. The molecule has 0 aliphatic rings. The van der Waals surface area contributed by atoms with Gasteiger partial charge < -0.3 is 10.6 Å². The van der Waals surface area contributed by atoms with E-state index < -0.39 is 0 Å². The third-order valence-corrected chi connectivity index (χ3v) is 3.49. The summed E-state index contributed by atoms with van der Waals surface area (Å²) in [5, 5.41) is 15.1. The van der Waals surface area contributed by atoms with Crippen LogP contribution in [0.15, 0.2) is 48.9 Å². The van der Waals surface area contributed by atoms with Crippen molar-refractivity contribution in [3.63, 3.8) is 0 Å². The Hall–Kier alpha value is -2.44. The molecule has 116 valence electrons. The molecule has 0 spiro atoms. The summed E-state index contributed by atoms with van der Waals surface area (Å²) < 4.78 is 0. The fourth-order valence-electron chi connectivity index (χ4n) is 1.85. The number of aromatic nitrogens is 4. The fraction of sp³-hybridized carbons (Fsp3) is 0.0667. The van der Waals surface area contributed by atoms with Crippen LogP contribution in [0.1, 0.15) is 5.56 Å². The molecule has 1 aromatic carbocycles. The zero-order valence-electron chi connectivity index (χ0n) is 11.9. The Labute approximate surface area is 142 Å². The number of pyridine rings is 1. The van der Waals surface area contributed by atoms with Crippen LogP contribution in [-0.2, 0) is 6.54 Å². The van der Waals surface area contributed by atoms with E-state index in [1.807, 2.05) is 12.1 Å². The first kappa shape index (κ1) is 15.5. The highest BCUT2D eigenvalue weighted by molar-refractivity contribution is 6.35. The van der Waals surface area contributed by atoms with Gasteiger partial charge in [-0.3, -0.25) is 4.98 Å². The van der Waals surface area contributed by atoms with Crippen molar-refractivity contribution >= 4 is 40.7 Å². The lowest BCUT2D eigenvalue weighted by molar-refractivity contribution is 0.946. The second-order valence-corrected chi connectivity index (χ2v) is 5.47. The molecule has 3 aromatic rings. The van der Waals surface area contributed by atoms with Gasteiger partial charge in [-0.1, -0.05) is 29.3 Å². The van der Waals surface area contributed by atoms with Crippen LogP contribution in [0, 0.1) is 0 Å². The molecular formula is C15H12Cl2N6. The number of anilines is 3. The summed E-state index contributed by atoms with van der Waals surface area (Å²) in [6.07, 6.45) is 5.00. The van der Waals surface area contributed by atoms with Crippen LogP contribution < -0.4 is 10.6 Å². The molecule has 6 nitrogen and oxygen atoms in total. The molecule has 0 bridgehead atoms. The van der Waals surface area contributed by atoms with Crippen molar-refractivity contribution in [3.8, 4) is 0 Å². The largest absolute Gasteiger partial charge is 0.349 e. The topological polar surface area (TPSA) is 75.6 Å². The van der Waals surface area contributed by atoms with E-state index in [9.17, 15) is 0 Å². The Morgan fingerprint density at radius 3 is 2.83 bits per heavy atom.